The smallest absolute Gasteiger partial charge is 0.257 e. The van der Waals surface area contributed by atoms with Crippen molar-refractivity contribution < 1.29 is 14.3 Å². The van der Waals surface area contributed by atoms with Crippen molar-refractivity contribution in [2.75, 3.05) is 20.3 Å². The van der Waals surface area contributed by atoms with Crippen LogP contribution in [0, 0.1) is 0 Å². The number of nitrogens with zero attached hydrogens (tertiary/aromatic N) is 2. The standard InChI is InChI=1S/C15H19N3O3/c1-20-13-5-2-6-14(11-13)21-12-15(19)16-7-3-9-18-10-4-8-17-18/h2,4-6,8,10-11H,3,7,9,12H2,1H3,(H,16,19). The highest BCUT2D eigenvalue weighted by Crippen LogP contribution is 2.18. The molecule has 0 unspecified atom stereocenters. The molecule has 0 aliphatic carbocycles. The molecule has 112 valence electrons. The van der Waals surface area contributed by atoms with Gasteiger partial charge in [-0.25, -0.2) is 0 Å². The van der Waals surface area contributed by atoms with Crippen molar-refractivity contribution in [1.82, 2.24) is 15.1 Å². The minimum Gasteiger partial charge on any atom is -0.497 e. The second-order valence-electron chi connectivity index (χ2n) is 4.44. The van der Waals surface area contributed by atoms with Gasteiger partial charge < -0.3 is 14.8 Å². The number of rotatable bonds is 8. The van der Waals surface area contributed by atoms with Crippen LogP contribution in [0.1, 0.15) is 6.42 Å². The highest BCUT2D eigenvalue weighted by molar-refractivity contribution is 5.77. The second-order valence-corrected chi connectivity index (χ2v) is 4.44. The van der Waals surface area contributed by atoms with Gasteiger partial charge in [-0.05, 0) is 24.6 Å². The van der Waals surface area contributed by atoms with Crippen LogP contribution in [0.15, 0.2) is 42.7 Å². The molecule has 0 aliphatic rings. The third kappa shape index (κ3) is 5.18. The molecular formula is C15H19N3O3. The van der Waals surface area contributed by atoms with Gasteiger partial charge in [0.1, 0.15) is 11.5 Å². The molecule has 0 aliphatic heterocycles. The minimum absolute atomic E-state index is 0.00502. The van der Waals surface area contributed by atoms with E-state index in [4.69, 9.17) is 9.47 Å². The summed E-state index contributed by atoms with van der Waals surface area (Å²) in [7, 11) is 1.59. The van der Waals surface area contributed by atoms with Crippen LogP contribution >= 0.6 is 0 Å². The number of aromatic nitrogens is 2. The number of hydrogen-bond acceptors (Lipinski definition) is 4. The Labute approximate surface area is 123 Å². The summed E-state index contributed by atoms with van der Waals surface area (Å²) in [6.45, 7) is 1.37. The molecule has 0 saturated heterocycles. The Morgan fingerprint density at radius 1 is 1.33 bits per heavy atom. The zero-order chi connectivity index (χ0) is 14.9. The zero-order valence-corrected chi connectivity index (χ0v) is 12.0. The summed E-state index contributed by atoms with van der Waals surface area (Å²) in [4.78, 5) is 11.6. The lowest BCUT2D eigenvalue weighted by atomic mass is 10.3. The number of nitrogens with one attached hydrogen (secondary N) is 1. The van der Waals surface area contributed by atoms with Gasteiger partial charge in [-0.3, -0.25) is 9.48 Å². The first-order valence-electron chi connectivity index (χ1n) is 6.79. The van der Waals surface area contributed by atoms with Crippen LogP contribution in [0.3, 0.4) is 0 Å². The van der Waals surface area contributed by atoms with Crippen LogP contribution in [0.5, 0.6) is 11.5 Å². The lowest BCUT2D eigenvalue weighted by molar-refractivity contribution is -0.123. The summed E-state index contributed by atoms with van der Waals surface area (Å²) in [5.74, 6) is 1.17. The molecule has 6 nitrogen and oxygen atoms in total. The molecule has 0 spiro atoms. The summed E-state index contributed by atoms with van der Waals surface area (Å²) >= 11 is 0. The van der Waals surface area contributed by atoms with Crippen molar-refractivity contribution >= 4 is 5.91 Å². The van der Waals surface area contributed by atoms with Crippen LogP contribution in [-0.4, -0.2) is 35.9 Å². The molecular weight excluding hydrogens is 270 g/mol. The Hall–Kier alpha value is -2.50. The monoisotopic (exact) mass is 289 g/mol. The van der Waals surface area contributed by atoms with Crippen molar-refractivity contribution in [3.05, 3.63) is 42.7 Å². The molecule has 1 N–H and O–H groups in total. The van der Waals surface area contributed by atoms with Gasteiger partial charge >= 0.3 is 0 Å². The molecule has 1 heterocycles. The quantitative estimate of drug-likeness (QED) is 0.748. The fourth-order valence-electron chi connectivity index (χ4n) is 1.79. The largest absolute Gasteiger partial charge is 0.497 e. The summed E-state index contributed by atoms with van der Waals surface area (Å²) in [5, 5.41) is 6.90. The molecule has 0 fully saturated rings. The Morgan fingerprint density at radius 2 is 2.19 bits per heavy atom. The lowest BCUT2D eigenvalue weighted by Gasteiger charge is -2.08. The fraction of sp³-hybridized carbons (Fsp3) is 0.333. The second kappa shape index (κ2) is 7.94. The van der Waals surface area contributed by atoms with Gasteiger partial charge in [0.15, 0.2) is 6.61 Å². The van der Waals surface area contributed by atoms with E-state index in [-0.39, 0.29) is 12.5 Å². The number of aryl methyl sites for hydroxylation is 1. The number of ether oxygens (including phenoxy) is 2. The summed E-state index contributed by atoms with van der Waals surface area (Å²) < 4.78 is 12.3. The predicted molar refractivity (Wildman–Crippen MR) is 78.3 cm³/mol. The molecule has 2 rings (SSSR count). The first-order valence-corrected chi connectivity index (χ1v) is 6.79. The van der Waals surface area contributed by atoms with E-state index in [2.05, 4.69) is 10.4 Å². The third-order valence-corrected chi connectivity index (χ3v) is 2.86. The minimum atomic E-state index is -0.140. The van der Waals surface area contributed by atoms with Crippen LogP contribution in [-0.2, 0) is 11.3 Å². The first-order chi connectivity index (χ1) is 10.3. The summed E-state index contributed by atoms with van der Waals surface area (Å²) in [6, 6.07) is 9.04. The number of benzene rings is 1. The number of amides is 1. The van der Waals surface area contributed by atoms with Crippen LogP contribution in [0.2, 0.25) is 0 Å². The van der Waals surface area contributed by atoms with E-state index in [1.54, 1.807) is 25.4 Å². The SMILES string of the molecule is COc1cccc(OCC(=O)NCCCn2cccn2)c1. The molecule has 1 amide bonds. The number of carbonyl (C=O) groups excluding carboxylic acids is 1. The lowest BCUT2D eigenvalue weighted by Crippen LogP contribution is -2.30. The van der Waals surface area contributed by atoms with Gasteiger partial charge in [0.05, 0.1) is 7.11 Å². The van der Waals surface area contributed by atoms with E-state index in [0.29, 0.717) is 18.0 Å². The van der Waals surface area contributed by atoms with E-state index < -0.39 is 0 Å². The molecule has 0 saturated carbocycles. The molecule has 6 heteroatoms. The van der Waals surface area contributed by atoms with E-state index in [1.807, 2.05) is 29.1 Å². The predicted octanol–water partition coefficient (Wildman–Crippen LogP) is 1.48. The Kier molecular flexibility index (Phi) is 5.63. The normalized spacial score (nSPS) is 10.1. The van der Waals surface area contributed by atoms with Gasteiger partial charge in [0.25, 0.3) is 5.91 Å². The maximum atomic E-state index is 11.6. The van der Waals surface area contributed by atoms with Gasteiger partial charge in [-0.2, -0.15) is 5.10 Å². The zero-order valence-electron chi connectivity index (χ0n) is 12.0. The van der Waals surface area contributed by atoms with Crippen molar-refractivity contribution in [3.8, 4) is 11.5 Å². The van der Waals surface area contributed by atoms with E-state index in [0.717, 1.165) is 13.0 Å². The average Bonchev–Trinajstić information content (AvgIpc) is 3.03. The fourth-order valence-corrected chi connectivity index (χ4v) is 1.79. The van der Waals surface area contributed by atoms with Crippen LogP contribution < -0.4 is 14.8 Å². The van der Waals surface area contributed by atoms with Gasteiger partial charge in [-0.1, -0.05) is 6.07 Å². The Morgan fingerprint density at radius 3 is 2.95 bits per heavy atom. The summed E-state index contributed by atoms with van der Waals surface area (Å²) in [5.41, 5.74) is 0. The van der Waals surface area contributed by atoms with Gasteiger partial charge in [-0.15, -0.1) is 0 Å². The highest BCUT2D eigenvalue weighted by Gasteiger charge is 2.03. The molecule has 0 bridgehead atoms. The summed E-state index contributed by atoms with van der Waals surface area (Å²) in [6.07, 6.45) is 4.46. The van der Waals surface area contributed by atoms with E-state index in [9.17, 15) is 4.79 Å². The number of carbonyl (C=O) groups is 1. The third-order valence-electron chi connectivity index (χ3n) is 2.86. The Balaban J connectivity index is 1.62. The van der Waals surface area contributed by atoms with Crippen LogP contribution in [0.25, 0.3) is 0 Å². The first kappa shape index (κ1) is 14.9. The van der Waals surface area contributed by atoms with Crippen molar-refractivity contribution in [2.45, 2.75) is 13.0 Å². The molecule has 21 heavy (non-hydrogen) atoms. The average molecular weight is 289 g/mol. The van der Waals surface area contributed by atoms with Crippen LogP contribution in [0.4, 0.5) is 0 Å². The Bertz CT molecular complexity index is 555. The van der Waals surface area contributed by atoms with Gasteiger partial charge in [0, 0.05) is 31.5 Å². The molecule has 2 aromatic rings. The number of hydrogen-bond donors (Lipinski definition) is 1. The van der Waals surface area contributed by atoms with Crippen molar-refractivity contribution in [2.24, 2.45) is 0 Å². The maximum absolute atomic E-state index is 11.6. The van der Waals surface area contributed by atoms with Crippen molar-refractivity contribution in [1.29, 1.82) is 0 Å². The maximum Gasteiger partial charge on any atom is 0.257 e. The molecule has 1 aromatic heterocycles. The molecule has 0 atom stereocenters. The molecule has 0 radical (unpaired) electrons. The number of methoxy groups -OCH3 is 1. The van der Waals surface area contributed by atoms with Gasteiger partial charge in [0.2, 0.25) is 0 Å². The highest BCUT2D eigenvalue weighted by atomic mass is 16.5. The van der Waals surface area contributed by atoms with E-state index in [1.165, 1.54) is 0 Å². The van der Waals surface area contributed by atoms with E-state index >= 15 is 0 Å². The van der Waals surface area contributed by atoms with Crippen molar-refractivity contribution in [3.63, 3.8) is 0 Å². The molecule has 1 aromatic carbocycles. The topological polar surface area (TPSA) is 65.4 Å².